The predicted molar refractivity (Wildman–Crippen MR) is 86.0 cm³/mol. The molecule has 1 unspecified atom stereocenters. The van der Waals surface area contributed by atoms with Gasteiger partial charge in [0, 0.05) is 33.6 Å². The van der Waals surface area contributed by atoms with Gasteiger partial charge in [-0.3, -0.25) is 4.79 Å². The highest BCUT2D eigenvalue weighted by molar-refractivity contribution is 7.89. The number of aliphatic carboxylic acids is 1. The fourth-order valence-corrected chi connectivity index (χ4v) is 5.82. The lowest BCUT2D eigenvalue weighted by atomic mass is 10.0. The molecular formula is C14H14ClNO4S2. The van der Waals surface area contributed by atoms with E-state index in [2.05, 4.69) is 0 Å². The van der Waals surface area contributed by atoms with E-state index in [4.69, 9.17) is 16.7 Å². The molecule has 5 nitrogen and oxygen atoms in total. The van der Waals surface area contributed by atoms with Gasteiger partial charge in [0.15, 0.2) is 0 Å². The molecule has 1 aliphatic heterocycles. The van der Waals surface area contributed by atoms with Crippen molar-refractivity contribution < 1.29 is 18.3 Å². The number of carbonyl (C=O) groups is 1. The van der Waals surface area contributed by atoms with Crippen LogP contribution < -0.4 is 0 Å². The molecule has 2 aromatic rings. The van der Waals surface area contributed by atoms with Crippen molar-refractivity contribution in [2.45, 2.75) is 17.7 Å². The van der Waals surface area contributed by atoms with Crippen LogP contribution in [0.15, 0.2) is 28.5 Å². The number of nitrogens with zero attached hydrogens (tertiary/aromatic N) is 1. The van der Waals surface area contributed by atoms with Crippen LogP contribution in [-0.2, 0) is 14.8 Å². The van der Waals surface area contributed by atoms with Gasteiger partial charge >= 0.3 is 5.97 Å². The number of fused-ring (bicyclic) bond motifs is 1. The molecule has 2 heterocycles. The molecule has 1 saturated heterocycles. The van der Waals surface area contributed by atoms with Crippen LogP contribution in [0.5, 0.6) is 0 Å². The lowest BCUT2D eigenvalue weighted by Crippen LogP contribution is -2.42. The monoisotopic (exact) mass is 359 g/mol. The van der Waals surface area contributed by atoms with Gasteiger partial charge in [-0.25, -0.2) is 8.42 Å². The summed E-state index contributed by atoms with van der Waals surface area (Å²) >= 11 is 7.31. The molecule has 22 heavy (non-hydrogen) atoms. The van der Waals surface area contributed by atoms with Crippen LogP contribution in [0.4, 0.5) is 0 Å². The molecule has 0 saturated carbocycles. The topological polar surface area (TPSA) is 74.7 Å². The molecule has 0 radical (unpaired) electrons. The number of piperidine rings is 1. The van der Waals surface area contributed by atoms with Crippen LogP contribution in [0.25, 0.3) is 10.1 Å². The predicted octanol–water partition coefficient (Wildman–Crippen LogP) is 3.04. The molecule has 1 aromatic heterocycles. The highest BCUT2D eigenvalue weighted by Crippen LogP contribution is 2.34. The zero-order chi connectivity index (χ0) is 15.9. The van der Waals surface area contributed by atoms with Crippen LogP contribution in [0.1, 0.15) is 12.8 Å². The lowest BCUT2D eigenvalue weighted by Gasteiger charge is -2.29. The van der Waals surface area contributed by atoms with Crippen LogP contribution in [0, 0.1) is 5.92 Å². The van der Waals surface area contributed by atoms with E-state index in [0.717, 1.165) is 4.70 Å². The molecule has 118 valence electrons. The second-order valence-electron chi connectivity index (χ2n) is 5.28. The minimum Gasteiger partial charge on any atom is -0.481 e. The Morgan fingerprint density at radius 3 is 2.91 bits per heavy atom. The first-order chi connectivity index (χ1) is 10.4. The molecule has 1 aliphatic rings. The van der Waals surface area contributed by atoms with Crippen molar-refractivity contribution in [3.05, 3.63) is 28.6 Å². The third-order valence-corrected chi connectivity index (χ3v) is 7.10. The fourth-order valence-electron chi connectivity index (χ4n) is 2.68. The second-order valence-corrected chi connectivity index (χ2v) is 8.53. The van der Waals surface area contributed by atoms with E-state index in [9.17, 15) is 13.2 Å². The lowest BCUT2D eigenvalue weighted by molar-refractivity contribution is -0.142. The van der Waals surface area contributed by atoms with Crippen LogP contribution in [0.3, 0.4) is 0 Å². The van der Waals surface area contributed by atoms with Crippen LogP contribution in [-0.4, -0.2) is 36.9 Å². The van der Waals surface area contributed by atoms with Crippen LogP contribution in [0.2, 0.25) is 5.02 Å². The molecule has 0 amide bonds. The van der Waals surface area contributed by atoms with Gasteiger partial charge in [-0.15, -0.1) is 11.3 Å². The van der Waals surface area contributed by atoms with Gasteiger partial charge in [-0.1, -0.05) is 11.6 Å². The Kier molecular flexibility index (Phi) is 4.15. The number of thiophene rings is 1. The fraction of sp³-hybridized carbons (Fsp3) is 0.357. The summed E-state index contributed by atoms with van der Waals surface area (Å²) in [4.78, 5) is 11.3. The summed E-state index contributed by atoms with van der Waals surface area (Å²) in [6.45, 7) is 0.375. The zero-order valence-corrected chi connectivity index (χ0v) is 13.9. The number of benzene rings is 1. The Labute approximate surface area is 137 Å². The van der Waals surface area contributed by atoms with Gasteiger partial charge in [0.05, 0.1) is 5.92 Å². The Morgan fingerprint density at radius 2 is 2.18 bits per heavy atom. The molecule has 1 aromatic carbocycles. The molecule has 0 spiro atoms. The van der Waals surface area contributed by atoms with Crippen molar-refractivity contribution in [1.82, 2.24) is 4.31 Å². The van der Waals surface area contributed by atoms with Crippen molar-refractivity contribution in [3.63, 3.8) is 0 Å². The number of rotatable bonds is 3. The van der Waals surface area contributed by atoms with Gasteiger partial charge in [0.2, 0.25) is 10.0 Å². The highest BCUT2D eigenvalue weighted by atomic mass is 35.5. The quantitative estimate of drug-likeness (QED) is 0.914. The van der Waals surface area contributed by atoms with E-state index in [1.165, 1.54) is 15.6 Å². The Morgan fingerprint density at radius 1 is 1.41 bits per heavy atom. The van der Waals surface area contributed by atoms with Crippen LogP contribution >= 0.6 is 22.9 Å². The Bertz CT molecular complexity index is 830. The summed E-state index contributed by atoms with van der Waals surface area (Å²) in [5.41, 5.74) is 0. The first-order valence-electron chi connectivity index (χ1n) is 6.79. The smallest absolute Gasteiger partial charge is 0.307 e. The number of hydrogen-bond acceptors (Lipinski definition) is 4. The molecule has 3 rings (SSSR count). The highest BCUT2D eigenvalue weighted by Gasteiger charge is 2.34. The van der Waals surface area contributed by atoms with Gasteiger partial charge in [0.25, 0.3) is 0 Å². The van der Waals surface area contributed by atoms with Crippen molar-refractivity contribution in [2.75, 3.05) is 13.1 Å². The normalized spacial score (nSPS) is 20.3. The Hall–Kier alpha value is -1.15. The van der Waals surface area contributed by atoms with E-state index in [-0.39, 0.29) is 11.4 Å². The van der Waals surface area contributed by atoms with Gasteiger partial charge in [-0.05, 0) is 31.0 Å². The van der Waals surface area contributed by atoms with E-state index < -0.39 is 21.9 Å². The van der Waals surface area contributed by atoms with E-state index in [1.54, 1.807) is 23.6 Å². The number of halogens is 1. The minimum absolute atomic E-state index is 0.0234. The van der Waals surface area contributed by atoms with E-state index >= 15 is 0 Å². The average Bonchev–Trinajstić information content (AvgIpc) is 2.91. The van der Waals surface area contributed by atoms with Gasteiger partial charge < -0.3 is 5.11 Å². The van der Waals surface area contributed by atoms with E-state index in [0.29, 0.717) is 29.8 Å². The maximum absolute atomic E-state index is 12.8. The summed E-state index contributed by atoms with van der Waals surface area (Å²) in [6, 6.07) is 5.15. The number of hydrogen-bond donors (Lipinski definition) is 1. The van der Waals surface area contributed by atoms with E-state index in [1.807, 2.05) is 0 Å². The average molecular weight is 360 g/mol. The van der Waals surface area contributed by atoms with Crippen molar-refractivity contribution in [2.24, 2.45) is 5.92 Å². The van der Waals surface area contributed by atoms with Crippen molar-refractivity contribution in [1.29, 1.82) is 0 Å². The molecule has 1 atom stereocenters. The summed E-state index contributed by atoms with van der Waals surface area (Å²) < 4.78 is 27.8. The maximum atomic E-state index is 12.8. The third kappa shape index (κ3) is 2.74. The van der Waals surface area contributed by atoms with Crippen molar-refractivity contribution >= 4 is 49.0 Å². The summed E-state index contributed by atoms with van der Waals surface area (Å²) in [7, 11) is -3.71. The minimum atomic E-state index is -3.71. The molecule has 8 heteroatoms. The zero-order valence-electron chi connectivity index (χ0n) is 11.5. The molecular weight excluding hydrogens is 346 g/mol. The SMILES string of the molecule is O=C(O)C1CCCN(S(=O)(=O)c2csc3ccc(Cl)cc23)C1. The Balaban J connectivity index is 2.01. The molecule has 0 aliphatic carbocycles. The summed E-state index contributed by atoms with van der Waals surface area (Å²) in [5, 5.41) is 11.8. The summed E-state index contributed by atoms with van der Waals surface area (Å²) in [6.07, 6.45) is 1.07. The van der Waals surface area contributed by atoms with Gasteiger partial charge in [-0.2, -0.15) is 4.31 Å². The molecule has 0 bridgehead atoms. The molecule has 1 fully saturated rings. The molecule has 1 N–H and O–H groups in total. The first-order valence-corrected chi connectivity index (χ1v) is 9.49. The second kappa shape index (κ2) is 5.81. The van der Waals surface area contributed by atoms with Crippen molar-refractivity contribution in [3.8, 4) is 0 Å². The van der Waals surface area contributed by atoms with Gasteiger partial charge in [0.1, 0.15) is 4.90 Å². The number of carboxylic acid groups (broad SMARTS) is 1. The first kappa shape index (κ1) is 15.7. The largest absolute Gasteiger partial charge is 0.481 e. The summed E-state index contributed by atoms with van der Waals surface area (Å²) in [5.74, 6) is -1.59. The number of carboxylic acids is 1. The third-order valence-electron chi connectivity index (χ3n) is 3.85. The standard InChI is InChI=1S/C14H14ClNO4S2/c15-10-3-4-12-11(6-10)13(8-21-12)22(19,20)16-5-1-2-9(7-16)14(17)18/h3-4,6,8-9H,1-2,5,7H2,(H,17,18). The maximum Gasteiger partial charge on any atom is 0.307 e. The number of sulfonamides is 1.